The molecule has 2 aromatic carbocycles. The van der Waals surface area contributed by atoms with E-state index < -0.39 is 29.6 Å². The first kappa shape index (κ1) is 28.3. The molecule has 0 radical (unpaired) electrons. The molecule has 1 aliphatic heterocycles. The SMILES string of the molecule is Cc1ccc(NC(=O)C2C[C@H]3CCCC3N(C(=O)c3cocn3)[C@H]2c2ccc(NC3CCCC3)cc2)cc1C(F)(F)F. The van der Waals surface area contributed by atoms with E-state index in [1.807, 2.05) is 24.3 Å². The number of nitrogens with zero attached hydrogens (tertiary/aromatic N) is 2. The normalized spacial score (nSPS) is 24.4. The minimum atomic E-state index is -4.54. The maximum absolute atomic E-state index is 14.0. The number of nitrogens with one attached hydrogen (secondary N) is 2. The van der Waals surface area contributed by atoms with Crippen LogP contribution in [0, 0.1) is 18.8 Å². The number of carbonyl (C=O) groups is 2. The molecule has 3 fully saturated rings. The Balaban J connectivity index is 1.35. The number of carbonyl (C=O) groups excluding carboxylic acids is 2. The molecule has 6 rings (SSSR count). The van der Waals surface area contributed by atoms with E-state index in [1.54, 1.807) is 4.90 Å². The highest BCUT2D eigenvalue weighted by atomic mass is 19.4. The Morgan fingerprint density at radius 3 is 2.40 bits per heavy atom. The molecule has 3 aliphatic rings. The van der Waals surface area contributed by atoms with E-state index in [9.17, 15) is 22.8 Å². The second-order valence-corrected chi connectivity index (χ2v) is 11.9. The van der Waals surface area contributed by atoms with Crippen LogP contribution in [0.25, 0.3) is 0 Å². The van der Waals surface area contributed by atoms with E-state index in [4.69, 9.17) is 4.42 Å². The van der Waals surface area contributed by atoms with E-state index in [1.165, 1.54) is 44.6 Å². The minimum Gasteiger partial charge on any atom is -0.451 e. The van der Waals surface area contributed by atoms with E-state index in [0.29, 0.717) is 12.5 Å². The highest BCUT2D eigenvalue weighted by molar-refractivity contribution is 5.96. The van der Waals surface area contributed by atoms with Gasteiger partial charge in [0, 0.05) is 23.5 Å². The van der Waals surface area contributed by atoms with Crippen molar-refractivity contribution in [2.24, 2.45) is 11.8 Å². The van der Waals surface area contributed by atoms with Crippen LogP contribution in [-0.4, -0.2) is 33.8 Å². The van der Waals surface area contributed by atoms with E-state index >= 15 is 0 Å². The average molecular weight is 581 g/mol. The topological polar surface area (TPSA) is 87.5 Å². The first-order chi connectivity index (χ1) is 20.2. The number of amides is 2. The lowest BCUT2D eigenvalue weighted by Crippen LogP contribution is -2.54. The highest BCUT2D eigenvalue weighted by Crippen LogP contribution is 2.49. The van der Waals surface area contributed by atoms with Crippen LogP contribution in [0.5, 0.6) is 0 Å². The Bertz CT molecular complexity index is 1420. The monoisotopic (exact) mass is 580 g/mol. The number of halogens is 3. The lowest BCUT2D eigenvalue weighted by Gasteiger charge is -2.47. The summed E-state index contributed by atoms with van der Waals surface area (Å²) >= 11 is 0. The molecule has 0 spiro atoms. The second kappa shape index (κ2) is 11.5. The smallest absolute Gasteiger partial charge is 0.416 e. The van der Waals surface area contributed by atoms with Gasteiger partial charge in [0.1, 0.15) is 6.26 Å². The van der Waals surface area contributed by atoms with Gasteiger partial charge in [-0.1, -0.05) is 37.5 Å². The number of hydrogen-bond donors (Lipinski definition) is 2. The number of aromatic nitrogens is 1. The number of alkyl halides is 3. The van der Waals surface area contributed by atoms with Gasteiger partial charge in [-0.25, -0.2) is 4.98 Å². The number of benzene rings is 2. The van der Waals surface area contributed by atoms with Gasteiger partial charge in [0.2, 0.25) is 5.91 Å². The van der Waals surface area contributed by atoms with E-state index in [-0.39, 0.29) is 34.8 Å². The number of hydrogen-bond acceptors (Lipinski definition) is 5. The Morgan fingerprint density at radius 2 is 1.71 bits per heavy atom. The lowest BCUT2D eigenvalue weighted by molar-refractivity contribution is -0.138. The third-order valence-electron chi connectivity index (χ3n) is 9.23. The molecule has 2 unspecified atom stereocenters. The molecule has 4 atom stereocenters. The van der Waals surface area contributed by atoms with Gasteiger partial charge in [-0.3, -0.25) is 9.59 Å². The predicted octanol–water partition coefficient (Wildman–Crippen LogP) is 7.37. The number of rotatable bonds is 6. The Labute approximate surface area is 242 Å². The number of aryl methyl sites for hydroxylation is 1. The van der Waals surface area contributed by atoms with Crippen molar-refractivity contribution in [3.05, 3.63) is 77.5 Å². The Morgan fingerprint density at radius 1 is 0.976 bits per heavy atom. The number of fused-ring (bicyclic) bond motifs is 1. The molecule has 2 saturated carbocycles. The summed E-state index contributed by atoms with van der Waals surface area (Å²) in [4.78, 5) is 33.8. The summed E-state index contributed by atoms with van der Waals surface area (Å²) in [6.07, 6.45) is 5.81. The molecule has 42 heavy (non-hydrogen) atoms. The molecule has 2 aliphatic carbocycles. The fourth-order valence-corrected chi connectivity index (χ4v) is 7.21. The van der Waals surface area contributed by atoms with Crippen LogP contribution in [0.4, 0.5) is 24.5 Å². The molecule has 0 bridgehead atoms. The molecule has 7 nitrogen and oxygen atoms in total. The molecular formula is C32H35F3N4O3. The third kappa shape index (κ3) is 5.63. The van der Waals surface area contributed by atoms with Crippen molar-refractivity contribution in [2.45, 2.75) is 82.6 Å². The van der Waals surface area contributed by atoms with Crippen LogP contribution in [0.1, 0.15) is 84.6 Å². The van der Waals surface area contributed by atoms with Gasteiger partial charge in [0.15, 0.2) is 12.1 Å². The van der Waals surface area contributed by atoms with Crippen LogP contribution in [0.15, 0.2) is 59.5 Å². The zero-order valence-electron chi connectivity index (χ0n) is 23.5. The standard InChI is InChI=1S/C32H35F3N4O3/c1-19-9-12-24(16-26(19)32(33,34)35)38-30(40)25-15-21-5-4-8-28(21)39(31(41)27-17-42-18-36-27)29(25)20-10-13-23(14-11-20)37-22-6-2-3-7-22/h9-14,16-18,21-22,25,28-29,37H,2-8,15H2,1H3,(H,38,40)/t21-,25?,28?,29+/m1/s1. The van der Waals surface area contributed by atoms with Crippen molar-refractivity contribution in [3.8, 4) is 0 Å². The molecule has 2 N–H and O–H groups in total. The molecule has 10 heteroatoms. The predicted molar refractivity (Wildman–Crippen MR) is 152 cm³/mol. The van der Waals surface area contributed by atoms with Crippen molar-refractivity contribution in [1.82, 2.24) is 9.88 Å². The van der Waals surface area contributed by atoms with Crippen molar-refractivity contribution in [2.75, 3.05) is 10.6 Å². The van der Waals surface area contributed by atoms with Crippen molar-refractivity contribution in [3.63, 3.8) is 0 Å². The molecule has 1 saturated heterocycles. The van der Waals surface area contributed by atoms with Gasteiger partial charge in [0.25, 0.3) is 5.91 Å². The van der Waals surface area contributed by atoms with Gasteiger partial charge in [0.05, 0.1) is 17.5 Å². The third-order valence-corrected chi connectivity index (χ3v) is 9.23. The van der Waals surface area contributed by atoms with Crippen molar-refractivity contribution in [1.29, 1.82) is 0 Å². The largest absolute Gasteiger partial charge is 0.451 e. The summed E-state index contributed by atoms with van der Waals surface area (Å²) in [6, 6.07) is 11.4. The van der Waals surface area contributed by atoms with E-state index in [2.05, 4.69) is 15.6 Å². The second-order valence-electron chi connectivity index (χ2n) is 11.9. The van der Waals surface area contributed by atoms with E-state index in [0.717, 1.165) is 49.4 Å². The van der Waals surface area contributed by atoms with Gasteiger partial charge in [-0.15, -0.1) is 0 Å². The first-order valence-electron chi connectivity index (χ1n) is 14.7. The van der Waals surface area contributed by atoms with Gasteiger partial charge >= 0.3 is 6.18 Å². The van der Waals surface area contributed by atoms with Crippen LogP contribution >= 0.6 is 0 Å². The molecule has 2 heterocycles. The quantitative estimate of drug-likeness (QED) is 0.318. The van der Waals surface area contributed by atoms with Gasteiger partial charge in [-0.2, -0.15) is 13.2 Å². The van der Waals surface area contributed by atoms with Crippen LogP contribution < -0.4 is 10.6 Å². The fraction of sp³-hybridized carbons (Fsp3) is 0.469. The van der Waals surface area contributed by atoms with Crippen LogP contribution in [0.3, 0.4) is 0 Å². The van der Waals surface area contributed by atoms with Crippen LogP contribution in [-0.2, 0) is 11.0 Å². The number of anilines is 2. The zero-order chi connectivity index (χ0) is 29.4. The molecule has 1 aromatic heterocycles. The first-order valence-corrected chi connectivity index (χ1v) is 14.7. The number of likely N-dealkylation sites (tertiary alicyclic amines) is 1. The average Bonchev–Trinajstić information content (AvgIpc) is 3.76. The Hall–Kier alpha value is -3.82. The molecule has 222 valence electrons. The van der Waals surface area contributed by atoms with Gasteiger partial charge in [-0.05, 0) is 80.3 Å². The molecular weight excluding hydrogens is 545 g/mol. The number of oxazole rings is 1. The maximum atomic E-state index is 14.0. The highest BCUT2D eigenvalue weighted by Gasteiger charge is 2.50. The molecule has 3 aromatic rings. The Kier molecular flexibility index (Phi) is 7.72. The maximum Gasteiger partial charge on any atom is 0.416 e. The van der Waals surface area contributed by atoms with Crippen molar-refractivity contribution < 1.29 is 27.2 Å². The summed E-state index contributed by atoms with van der Waals surface area (Å²) in [5.41, 5.74) is 1.32. The zero-order valence-corrected chi connectivity index (χ0v) is 23.5. The fourth-order valence-electron chi connectivity index (χ4n) is 7.21. The summed E-state index contributed by atoms with van der Waals surface area (Å²) < 4.78 is 46.0. The summed E-state index contributed by atoms with van der Waals surface area (Å²) in [5.74, 6) is -1.30. The number of piperidine rings is 1. The lowest BCUT2D eigenvalue weighted by atomic mass is 9.76. The summed E-state index contributed by atoms with van der Waals surface area (Å²) in [7, 11) is 0. The summed E-state index contributed by atoms with van der Waals surface area (Å²) in [6.45, 7) is 1.39. The van der Waals surface area contributed by atoms with Gasteiger partial charge < -0.3 is 20.0 Å². The van der Waals surface area contributed by atoms with Crippen LogP contribution in [0.2, 0.25) is 0 Å². The van der Waals surface area contributed by atoms with Crippen molar-refractivity contribution >= 4 is 23.2 Å². The molecule has 2 amide bonds. The minimum absolute atomic E-state index is 0.0734. The summed E-state index contributed by atoms with van der Waals surface area (Å²) in [5, 5.41) is 6.34.